The molecule has 3 atom stereocenters. The molecule has 1 aliphatic carbocycles. The molecule has 1 aromatic carbocycles. The molecule has 0 saturated heterocycles. The number of carbonyl (C=O) groups is 2. The molecule has 9 heteroatoms. The molecule has 1 fully saturated rings. The van der Waals surface area contributed by atoms with Gasteiger partial charge in [0.15, 0.2) is 6.10 Å². The van der Waals surface area contributed by atoms with Crippen LogP contribution in [0, 0.1) is 5.92 Å². The largest absolute Gasteiger partial charge is 0.495 e. The van der Waals surface area contributed by atoms with E-state index in [1.165, 1.54) is 39.3 Å². The van der Waals surface area contributed by atoms with Crippen molar-refractivity contribution in [1.29, 1.82) is 0 Å². The summed E-state index contributed by atoms with van der Waals surface area (Å²) >= 11 is 0. The van der Waals surface area contributed by atoms with Crippen LogP contribution in [0.1, 0.15) is 49.9 Å². The van der Waals surface area contributed by atoms with E-state index in [4.69, 9.17) is 9.47 Å². The van der Waals surface area contributed by atoms with Gasteiger partial charge in [0.05, 0.1) is 12.7 Å². The van der Waals surface area contributed by atoms with E-state index in [-0.39, 0.29) is 28.2 Å². The van der Waals surface area contributed by atoms with Crippen molar-refractivity contribution in [1.82, 2.24) is 10.0 Å². The van der Waals surface area contributed by atoms with Gasteiger partial charge < -0.3 is 14.8 Å². The maximum Gasteiger partial charge on any atom is 0.338 e. The fourth-order valence-corrected chi connectivity index (χ4v) is 4.15. The van der Waals surface area contributed by atoms with Crippen LogP contribution in [-0.2, 0) is 19.6 Å². The first kappa shape index (κ1) is 22.2. The second-order valence-electron chi connectivity index (χ2n) is 7.00. The van der Waals surface area contributed by atoms with E-state index in [2.05, 4.69) is 17.0 Å². The summed E-state index contributed by atoms with van der Waals surface area (Å²) in [4.78, 5) is 24.6. The third kappa shape index (κ3) is 5.23. The number of benzene rings is 1. The van der Waals surface area contributed by atoms with Gasteiger partial charge in [-0.05, 0) is 50.9 Å². The van der Waals surface area contributed by atoms with Crippen molar-refractivity contribution in [3.63, 3.8) is 0 Å². The zero-order valence-electron chi connectivity index (χ0n) is 16.7. The SMILES string of the molecule is CNS(=O)(=O)c1cc(C(=O)O[C@H](C)C(=O)N[C@@H]2CCCC[C@H]2C)ccc1OC. The number of amides is 1. The number of rotatable bonds is 7. The molecule has 0 spiro atoms. The van der Waals surface area contributed by atoms with Crippen molar-refractivity contribution in [3.05, 3.63) is 23.8 Å². The van der Waals surface area contributed by atoms with Crippen LogP contribution in [-0.4, -0.2) is 46.6 Å². The number of hydrogen-bond donors (Lipinski definition) is 2. The van der Waals surface area contributed by atoms with E-state index in [1.807, 2.05) is 0 Å². The van der Waals surface area contributed by atoms with Crippen LogP contribution in [0.2, 0.25) is 0 Å². The molecule has 0 bridgehead atoms. The lowest BCUT2D eigenvalue weighted by atomic mass is 9.86. The maximum absolute atomic E-state index is 12.4. The molecule has 0 unspecified atom stereocenters. The van der Waals surface area contributed by atoms with Gasteiger partial charge in [-0.15, -0.1) is 0 Å². The summed E-state index contributed by atoms with van der Waals surface area (Å²) in [5.74, 6) is -0.655. The van der Waals surface area contributed by atoms with E-state index in [0.717, 1.165) is 25.7 Å². The molecule has 1 amide bonds. The second kappa shape index (κ2) is 9.38. The Morgan fingerprint density at radius 1 is 1.21 bits per heavy atom. The molecule has 28 heavy (non-hydrogen) atoms. The number of carbonyl (C=O) groups excluding carboxylic acids is 2. The lowest BCUT2D eigenvalue weighted by molar-refractivity contribution is -0.130. The Kier molecular flexibility index (Phi) is 7.42. The third-order valence-corrected chi connectivity index (χ3v) is 6.49. The fraction of sp³-hybridized carbons (Fsp3) is 0.579. The van der Waals surface area contributed by atoms with Crippen molar-refractivity contribution in [2.24, 2.45) is 5.92 Å². The highest BCUT2D eigenvalue weighted by atomic mass is 32.2. The highest BCUT2D eigenvalue weighted by Gasteiger charge is 2.27. The minimum atomic E-state index is -3.83. The number of nitrogens with one attached hydrogen (secondary N) is 2. The molecule has 0 heterocycles. The predicted octanol–water partition coefficient (Wildman–Crippen LogP) is 1.84. The molecule has 0 aliphatic heterocycles. The Labute approximate surface area is 166 Å². The van der Waals surface area contributed by atoms with Crippen molar-refractivity contribution in [2.75, 3.05) is 14.2 Å². The molecule has 0 radical (unpaired) electrons. The molecule has 1 aliphatic rings. The molecular formula is C19H28N2O6S. The number of ether oxygens (including phenoxy) is 2. The average molecular weight is 413 g/mol. The van der Waals surface area contributed by atoms with Gasteiger partial charge in [-0.3, -0.25) is 4.79 Å². The molecular weight excluding hydrogens is 384 g/mol. The number of methoxy groups -OCH3 is 1. The normalized spacial score (nSPS) is 20.9. The molecule has 1 aromatic rings. The first-order valence-electron chi connectivity index (χ1n) is 9.32. The van der Waals surface area contributed by atoms with Crippen LogP contribution in [0.3, 0.4) is 0 Å². The Morgan fingerprint density at radius 2 is 1.89 bits per heavy atom. The van der Waals surface area contributed by atoms with Crippen LogP contribution in [0.25, 0.3) is 0 Å². The summed E-state index contributed by atoms with van der Waals surface area (Å²) in [6, 6.07) is 4.01. The summed E-state index contributed by atoms with van der Waals surface area (Å²) < 4.78 is 36.7. The second-order valence-corrected chi connectivity index (χ2v) is 8.85. The monoisotopic (exact) mass is 412 g/mol. The van der Waals surface area contributed by atoms with E-state index in [9.17, 15) is 18.0 Å². The van der Waals surface area contributed by atoms with Gasteiger partial charge in [-0.1, -0.05) is 19.8 Å². The van der Waals surface area contributed by atoms with Crippen LogP contribution in [0.15, 0.2) is 23.1 Å². The Bertz CT molecular complexity index is 824. The lowest BCUT2D eigenvalue weighted by Gasteiger charge is -2.30. The zero-order valence-corrected chi connectivity index (χ0v) is 17.5. The van der Waals surface area contributed by atoms with E-state index < -0.39 is 22.1 Å². The van der Waals surface area contributed by atoms with Gasteiger partial charge >= 0.3 is 5.97 Å². The quantitative estimate of drug-likeness (QED) is 0.661. The number of esters is 1. The lowest BCUT2D eigenvalue weighted by Crippen LogP contribution is -2.46. The van der Waals surface area contributed by atoms with Crippen LogP contribution >= 0.6 is 0 Å². The van der Waals surface area contributed by atoms with Gasteiger partial charge in [-0.2, -0.15) is 0 Å². The van der Waals surface area contributed by atoms with E-state index in [0.29, 0.717) is 5.92 Å². The molecule has 2 N–H and O–H groups in total. The first-order chi connectivity index (χ1) is 13.2. The minimum absolute atomic E-state index is 0.0142. The van der Waals surface area contributed by atoms with Crippen molar-refractivity contribution in [2.45, 2.75) is 56.6 Å². The van der Waals surface area contributed by atoms with Gasteiger partial charge in [0.1, 0.15) is 10.6 Å². The average Bonchev–Trinajstić information content (AvgIpc) is 2.68. The molecule has 1 saturated carbocycles. The molecule has 0 aromatic heterocycles. The minimum Gasteiger partial charge on any atom is -0.495 e. The van der Waals surface area contributed by atoms with Crippen molar-refractivity contribution in [3.8, 4) is 5.75 Å². The Morgan fingerprint density at radius 3 is 2.50 bits per heavy atom. The maximum atomic E-state index is 12.4. The fourth-order valence-electron chi connectivity index (χ4n) is 3.24. The standard InChI is InChI=1S/C19H28N2O6S/c1-12-7-5-6-8-15(12)21-18(22)13(2)27-19(23)14-9-10-16(26-4)17(11-14)28(24,25)20-3/h9-13,15,20H,5-8H2,1-4H3,(H,21,22)/t12-,13-,15-/m1/s1. The van der Waals surface area contributed by atoms with Crippen molar-refractivity contribution >= 4 is 21.9 Å². The van der Waals surface area contributed by atoms with E-state index >= 15 is 0 Å². The summed E-state index contributed by atoms with van der Waals surface area (Å²) in [5.41, 5.74) is 0.0142. The van der Waals surface area contributed by atoms with Gasteiger partial charge in [0, 0.05) is 6.04 Å². The van der Waals surface area contributed by atoms with Crippen LogP contribution in [0.5, 0.6) is 5.75 Å². The van der Waals surface area contributed by atoms with Crippen molar-refractivity contribution < 1.29 is 27.5 Å². The third-order valence-electron chi connectivity index (χ3n) is 5.05. The first-order valence-corrected chi connectivity index (χ1v) is 10.8. The summed E-state index contributed by atoms with van der Waals surface area (Å²) in [5, 5.41) is 2.95. The topological polar surface area (TPSA) is 111 Å². The molecule has 8 nitrogen and oxygen atoms in total. The Hall–Kier alpha value is -2.13. The summed E-state index contributed by atoms with van der Waals surface area (Å²) in [6.45, 7) is 3.59. The van der Waals surface area contributed by atoms with Gasteiger partial charge in [0.2, 0.25) is 10.0 Å². The summed E-state index contributed by atoms with van der Waals surface area (Å²) in [6.07, 6.45) is 3.21. The predicted molar refractivity (Wildman–Crippen MR) is 104 cm³/mol. The molecule has 2 rings (SSSR count). The number of hydrogen-bond acceptors (Lipinski definition) is 6. The highest BCUT2D eigenvalue weighted by molar-refractivity contribution is 7.89. The van der Waals surface area contributed by atoms with Gasteiger partial charge in [0.25, 0.3) is 5.91 Å². The van der Waals surface area contributed by atoms with Crippen LogP contribution in [0.4, 0.5) is 0 Å². The number of sulfonamides is 1. The molecule has 156 valence electrons. The van der Waals surface area contributed by atoms with E-state index in [1.54, 1.807) is 0 Å². The summed E-state index contributed by atoms with van der Waals surface area (Å²) in [7, 11) is -1.23. The highest BCUT2D eigenvalue weighted by Crippen LogP contribution is 2.26. The van der Waals surface area contributed by atoms with Gasteiger partial charge in [-0.25, -0.2) is 17.9 Å². The zero-order chi connectivity index (χ0) is 20.9. The Balaban J connectivity index is 2.09. The van der Waals surface area contributed by atoms with Crippen LogP contribution < -0.4 is 14.8 Å². The smallest absolute Gasteiger partial charge is 0.338 e.